The number of carbonyl (C=O) groups is 1. The fourth-order valence-corrected chi connectivity index (χ4v) is 4.25. The molecule has 2 heterocycles. The number of thioether (sulfide) groups is 1. The number of carbonyl (C=O) groups excluding carboxylic acids is 1. The first kappa shape index (κ1) is 25.5. The van der Waals surface area contributed by atoms with Gasteiger partial charge in [-0.05, 0) is 44.0 Å². The van der Waals surface area contributed by atoms with E-state index in [1.807, 2.05) is 13.8 Å². The van der Waals surface area contributed by atoms with Gasteiger partial charge in [0.15, 0.2) is 0 Å². The summed E-state index contributed by atoms with van der Waals surface area (Å²) in [5, 5.41) is 32.0. The number of aliphatic hydroxyl groups excluding tert-OH is 1. The van der Waals surface area contributed by atoms with Gasteiger partial charge < -0.3 is 21.1 Å². The van der Waals surface area contributed by atoms with E-state index in [0.29, 0.717) is 43.9 Å². The van der Waals surface area contributed by atoms with Crippen LogP contribution >= 0.6 is 11.8 Å². The Morgan fingerprint density at radius 3 is 2.65 bits per heavy atom. The van der Waals surface area contributed by atoms with Gasteiger partial charge in [0.25, 0.3) is 5.91 Å². The monoisotopic (exact) mass is 484 g/mol. The topological polar surface area (TPSA) is 135 Å². The molecule has 1 amide bonds. The second-order valence-electron chi connectivity index (χ2n) is 8.97. The van der Waals surface area contributed by atoms with Gasteiger partial charge in [0.1, 0.15) is 23.0 Å². The summed E-state index contributed by atoms with van der Waals surface area (Å²) in [6.45, 7) is 9.03. The third-order valence-electron chi connectivity index (χ3n) is 6.07. The first-order valence-electron chi connectivity index (χ1n) is 10.8. The number of nitrogens with one attached hydrogen (secondary N) is 4. The molecule has 10 heteroatoms. The quantitative estimate of drug-likeness (QED) is 0.355. The van der Waals surface area contributed by atoms with Crippen molar-refractivity contribution >= 4 is 39.8 Å². The maximum Gasteiger partial charge on any atom is 0.254 e. The number of amides is 1. The summed E-state index contributed by atoms with van der Waals surface area (Å²) in [5.74, 6) is -0.652. The molecule has 0 fully saturated rings. The van der Waals surface area contributed by atoms with Gasteiger partial charge in [-0.2, -0.15) is 0 Å². The Kier molecular flexibility index (Phi) is 7.52. The molecule has 0 aliphatic carbocycles. The van der Waals surface area contributed by atoms with Crippen molar-refractivity contribution in [2.45, 2.75) is 52.1 Å². The smallest absolute Gasteiger partial charge is 0.254 e. The third-order valence-corrected chi connectivity index (χ3v) is 7.07. The molecular weight excluding hydrogens is 455 g/mol. The Bertz CT molecular complexity index is 1190. The molecule has 3 rings (SSSR count). The Morgan fingerprint density at radius 2 is 2.00 bits per heavy atom. The van der Waals surface area contributed by atoms with Crippen LogP contribution < -0.4 is 10.6 Å². The van der Waals surface area contributed by atoms with Crippen molar-refractivity contribution in [2.75, 3.05) is 11.9 Å². The molecule has 180 valence electrons. The van der Waals surface area contributed by atoms with Crippen LogP contribution in [0.25, 0.3) is 5.57 Å². The van der Waals surface area contributed by atoms with Crippen LogP contribution in [0.5, 0.6) is 0 Å². The Balaban J connectivity index is 1.81. The minimum atomic E-state index is -0.630. The molecule has 0 saturated heterocycles. The zero-order chi connectivity index (χ0) is 25.2. The first-order chi connectivity index (χ1) is 16.0. The summed E-state index contributed by atoms with van der Waals surface area (Å²) in [4.78, 5) is 22.0. The lowest BCUT2D eigenvalue weighted by Gasteiger charge is -2.30. The molecule has 2 aromatic rings. The molecule has 34 heavy (non-hydrogen) atoms. The Hall–Kier alpha value is -3.11. The van der Waals surface area contributed by atoms with Crippen LogP contribution in [0.2, 0.25) is 0 Å². The lowest BCUT2D eigenvalue weighted by atomic mass is 9.86. The molecule has 0 radical (unpaired) electrons. The first-order valence-corrected chi connectivity index (χ1v) is 11.6. The van der Waals surface area contributed by atoms with Crippen LogP contribution in [0, 0.1) is 22.1 Å². The molecule has 1 unspecified atom stereocenters. The number of rotatable bonds is 8. The van der Waals surface area contributed by atoms with E-state index >= 15 is 0 Å². The maximum absolute atomic E-state index is 14.4. The molecule has 1 aliphatic rings. The van der Waals surface area contributed by atoms with Crippen LogP contribution in [0.3, 0.4) is 0 Å². The number of nitrogens with zero attached hydrogens (tertiary/aromatic N) is 2. The summed E-state index contributed by atoms with van der Waals surface area (Å²) in [6, 6.07) is 3.96. The van der Waals surface area contributed by atoms with E-state index < -0.39 is 17.1 Å². The molecule has 0 spiro atoms. The van der Waals surface area contributed by atoms with E-state index in [1.165, 1.54) is 30.2 Å². The maximum atomic E-state index is 14.4. The lowest BCUT2D eigenvalue weighted by molar-refractivity contribution is 0.0830. The van der Waals surface area contributed by atoms with Crippen LogP contribution in [0.4, 0.5) is 10.2 Å². The summed E-state index contributed by atoms with van der Waals surface area (Å²) >= 11 is 1.23. The number of allylic oxidation sites excluding steroid dienone is 1. The standard InChI is InChI=1S/C24H29FN6O2S/c1-12(13(2)26)18-19-20(34-21(18)27)22(30-11-29-19)28-9-15-6-7-17(25)16(8-15)23(33)31-14(3)24(4,5)10-32/h6-8,11,14,26-27,32H,9-10H2,1-5H3,(H,31,33)(H,28,29,30)/b18-12-,26-13?,27-21?. The van der Waals surface area contributed by atoms with Gasteiger partial charge in [-0.25, -0.2) is 14.4 Å². The van der Waals surface area contributed by atoms with Crippen LogP contribution in [0.1, 0.15) is 56.2 Å². The summed E-state index contributed by atoms with van der Waals surface area (Å²) in [7, 11) is 0. The van der Waals surface area contributed by atoms with E-state index in [0.717, 1.165) is 0 Å². The number of fused-ring (bicyclic) bond motifs is 1. The number of aromatic nitrogens is 2. The van der Waals surface area contributed by atoms with E-state index in [1.54, 1.807) is 26.8 Å². The van der Waals surface area contributed by atoms with Crippen molar-refractivity contribution in [3.8, 4) is 0 Å². The highest BCUT2D eigenvalue weighted by Gasteiger charge is 2.30. The van der Waals surface area contributed by atoms with Crippen molar-refractivity contribution in [1.29, 1.82) is 10.8 Å². The molecule has 0 bridgehead atoms. The Labute approximate surface area is 202 Å². The van der Waals surface area contributed by atoms with Gasteiger partial charge in [-0.15, -0.1) is 0 Å². The largest absolute Gasteiger partial charge is 0.396 e. The van der Waals surface area contributed by atoms with Gasteiger partial charge in [-0.1, -0.05) is 31.7 Å². The van der Waals surface area contributed by atoms with Crippen molar-refractivity contribution in [3.63, 3.8) is 0 Å². The van der Waals surface area contributed by atoms with E-state index in [-0.39, 0.29) is 24.8 Å². The average Bonchev–Trinajstić information content (AvgIpc) is 3.13. The predicted molar refractivity (Wildman–Crippen MR) is 133 cm³/mol. The molecule has 1 atom stereocenters. The zero-order valence-corrected chi connectivity index (χ0v) is 20.7. The number of hydrogen-bond donors (Lipinski definition) is 5. The summed E-state index contributed by atoms with van der Waals surface area (Å²) in [6.07, 6.45) is 1.40. The van der Waals surface area contributed by atoms with Crippen LogP contribution in [-0.4, -0.2) is 44.4 Å². The molecule has 1 aliphatic heterocycles. The molecule has 8 nitrogen and oxygen atoms in total. The fraction of sp³-hybridized carbons (Fsp3) is 0.375. The van der Waals surface area contributed by atoms with Crippen molar-refractivity contribution in [3.05, 3.63) is 52.7 Å². The molecule has 1 aromatic heterocycles. The fourth-order valence-electron chi connectivity index (χ4n) is 3.22. The number of benzene rings is 1. The minimum absolute atomic E-state index is 0.0775. The van der Waals surface area contributed by atoms with Gasteiger partial charge in [-0.3, -0.25) is 10.2 Å². The highest BCUT2D eigenvalue weighted by atomic mass is 32.2. The Morgan fingerprint density at radius 1 is 1.29 bits per heavy atom. The SMILES string of the molecule is CC(=N)/C(C)=C1\C(=N)Sc2c(NCc3ccc(F)c(C(=O)NC(C)C(C)(C)CO)c3)ncnc21. The van der Waals surface area contributed by atoms with E-state index in [2.05, 4.69) is 20.6 Å². The number of aliphatic hydroxyl groups is 1. The van der Waals surface area contributed by atoms with Crippen LogP contribution in [0.15, 0.2) is 35.0 Å². The van der Waals surface area contributed by atoms with Gasteiger partial charge >= 0.3 is 0 Å². The molecule has 0 saturated carbocycles. The van der Waals surface area contributed by atoms with Gasteiger partial charge in [0, 0.05) is 29.3 Å². The molecule has 1 aromatic carbocycles. The van der Waals surface area contributed by atoms with E-state index in [9.17, 15) is 14.3 Å². The van der Waals surface area contributed by atoms with Gasteiger partial charge in [0.05, 0.1) is 22.8 Å². The lowest BCUT2D eigenvalue weighted by Crippen LogP contribution is -2.45. The summed E-state index contributed by atoms with van der Waals surface area (Å²) in [5.41, 5.74) is 2.34. The number of anilines is 1. The highest BCUT2D eigenvalue weighted by molar-refractivity contribution is 8.15. The predicted octanol–water partition coefficient (Wildman–Crippen LogP) is 4.26. The summed E-state index contributed by atoms with van der Waals surface area (Å²) < 4.78 is 14.4. The average molecular weight is 485 g/mol. The van der Waals surface area contributed by atoms with Crippen molar-refractivity contribution < 1.29 is 14.3 Å². The normalized spacial score (nSPS) is 15.6. The minimum Gasteiger partial charge on any atom is -0.396 e. The van der Waals surface area contributed by atoms with Gasteiger partial charge in [0.2, 0.25) is 0 Å². The highest BCUT2D eigenvalue weighted by Crippen LogP contribution is 2.44. The second-order valence-corrected chi connectivity index (χ2v) is 9.99. The molecule has 5 N–H and O–H groups in total. The number of halogens is 1. The van der Waals surface area contributed by atoms with E-state index in [4.69, 9.17) is 10.8 Å². The molecular formula is C24H29FN6O2S. The van der Waals surface area contributed by atoms with Crippen LogP contribution in [-0.2, 0) is 6.54 Å². The number of hydrogen-bond acceptors (Lipinski definition) is 8. The zero-order valence-electron chi connectivity index (χ0n) is 19.8. The third kappa shape index (κ3) is 5.18. The van der Waals surface area contributed by atoms with Crippen molar-refractivity contribution in [1.82, 2.24) is 15.3 Å². The van der Waals surface area contributed by atoms with Crippen molar-refractivity contribution in [2.24, 2.45) is 5.41 Å². The second kappa shape index (κ2) is 10.0.